The highest BCUT2D eigenvalue weighted by Gasteiger charge is 2.24. The Bertz CT molecular complexity index is 727. The fourth-order valence-electron chi connectivity index (χ4n) is 3.40. The topological polar surface area (TPSA) is 71.1 Å². The van der Waals surface area contributed by atoms with E-state index in [1.807, 2.05) is 0 Å². The molecule has 186 valence electrons. The zero-order chi connectivity index (χ0) is 24.5. The molecule has 2 unspecified atom stereocenters. The van der Waals surface area contributed by atoms with Gasteiger partial charge in [-0.1, -0.05) is 78.4 Å². The minimum atomic E-state index is -0.852. The zero-order valence-electron chi connectivity index (χ0n) is 21.1. The average molecular weight is 463 g/mol. The van der Waals surface area contributed by atoms with E-state index in [4.69, 9.17) is 19.2 Å². The van der Waals surface area contributed by atoms with Gasteiger partial charge in [-0.2, -0.15) is 4.89 Å². The standard InChI is InChI=1S/C27H42O6/c1-6-10-13-21(8-3)19-31-26(28)25(18-23-15-12-16-24(17-23)30-5)27(29)33-32-20-22(9-4)14-11-7-2/h12,15-18,21-22H,6-11,13-14,19-20H2,1-5H3. The van der Waals surface area contributed by atoms with Gasteiger partial charge in [0.25, 0.3) is 0 Å². The molecule has 1 aromatic rings. The largest absolute Gasteiger partial charge is 0.497 e. The lowest BCUT2D eigenvalue weighted by molar-refractivity contribution is -0.274. The molecule has 0 radical (unpaired) electrons. The number of hydrogen-bond acceptors (Lipinski definition) is 6. The van der Waals surface area contributed by atoms with Gasteiger partial charge >= 0.3 is 11.9 Å². The molecule has 0 bridgehead atoms. The van der Waals surface area contributed by atoms with Crippen molar-refractivity contribution in [2.75, 3.05) is 20.3 Å². The van der Waals surface area contributed by atoms with Crippen LogP contribution in [0.2, 0.25) is 0 Å². The molecule has 33 heavy (non-hydrogen) atoms. The molecule has 0 aliphatic carbocycles. The van der Waals surface area contributed by atoms with Gasteiger partial charge in [-0.25, -0.2) is 9.59 Å². The van der Waals surface area contributed by atoms with Crippen molar-refractivity contribution >= 4 is 18.0 Å². The molecular weight excluding hydrogens is 420 g/mol. The predicted molar refractivity (Wildman–Crippen MR) is 131 cm³/mol. The quantitative estimate of drug-likeness (QED) is 0.0654. The molecule has 0 spiro atoms. The second kappa shape index (κ2) is 17.2. The second-order valence-corrected chi connectivity index (χ2v) is 8.42. The van der Waals surface area contributed by atoms with Crippen molar-refractivity contribution in [3.8, 4) is 5.75 Å². The summed E-state index contributed by atoms with van der Waals surface area (Å²) in [5.41, 5.74) is 0.431. The SMILES string of the molecule is CCCCC(CC)COOC(=O)C(=Cc1cccc(OC)c1)C(=O)OCC(CC)CCCC. The molecule has 2 atom stereocenters. The van der Waals surface area contributed by atoms with Gasteiger partial charge in [0.15, 0.2) is 0 Å². The van der Waals surface area contributed by atoms with E-state index in [0.29, 0.717) is 23.8 Å². The minimum Gasteiger partial charge on any atom is -0.497 e. The summed E-state index contributed by atoms with van der Waals surface area (Å²) in [4.78, 5) is 35.9. The van der Waals surface area contributed by atoms with Gasteiger partial charge in [-0.05, 0) is 48.4 Å². The smallest absolute Gasteiger partial charge is 0.380 e. The van der Waals surface area contributed by atoms with Crippen molar-refractivity contribution in [2.45, 2.75) is 79.1 Å². The number of esters is 1. The third kappa shape index (κ3) is 11.4. The number of methoxy groups -OCH3 is 1. The first kappa shape index (κ1) is 28.7. The highest BCUT2D eigenvalue weighted by atomic mass is 17.2. The van der Waals surface area contributed by atoms with Crippen molar-refractivity contribution in [1.82, 2.24) is 0 Å². The third-order valence-corrected chi connectivity index (χ3v) is 5.82. The van der Waals surface area contributed by atoms with Crippen molar-refractivity contribution in [3.63, 3.8) is 0 Å². The molecule has 0 aromatic heterocycles. The van der Waals surface area contributed by atoms with E-state index < -0.39 is 11.9 Å². The Morgan fingerprint density at radius 1 is 0.909 bits per heavy atom. The number of carbonyl (C=O) groups excluding carboxylic acids is 2. The molecule has 0 aliphatic heterocycles. The highest BCUT2D eigenvalue weighted by molar-refractivity contribution is 6.17. The molecule has 1 aromatic carbocycles. The van der Waals surface area contributed by atoms with Crippen LogP contribution in [0.15, 0.2) is 29.8 Å². The van der Waals surface area contributed by atoms with Crippen LogP contribution in [-0.2, 0) is 24.1 Å². The highest BCUT2D eigenvalue weighted by Crippen LogP contribution is 2.19. The fourth-order valence-corrected chi connectivity index (χ4v) is 3.40. The van der Waals surface area contributed by atoms with E-state index in [-0.39, 0.29) is 18.1 Å². The van der Waals surface area contributed by atoms with Crippen LogP contribution in [0.3, 0.4) is 0 Å². The maximum absolute atomic E-state index is 12.9. The van der Waals surface area contributed by atoms with Gasteiger partial charge in [0.2, 0.25) is 0 Å². The van der Waals surface area contributed by atoms with Crippen LogP contribution in [0.1, 0.15) is 84.6 Å². The molecule has 0 aliphatic rings. The van der Waals surface area contributed by atoms with Gasteiger partial charge in [0.05, 0.1) is 20.3 Å². The summed E-state index contributed by atoms with van der Waals surface area (Å²) in [6, 6.07) is 7.08. The third-order valence-electron chi connectivity index (χ3n) is 5.82. The monoisotopic (exact) mass is 462 g/mol. The van der Waals surface area contributed by atoms with E-state index in [0.717, 1.165) is 51.4 Å². The number of carbonyl (C=O) groups is 2. The van der Waals surface area contributed by atoms with Crippen LogP contribution >= 0.6 is 0 Å². The van der Waals surface area contributed by atoms with Gasteiger partial charge in [-0.15, -0.1) is 0 Å². The Hall–Kier alpha value is -2.34. The molecule has 0 fully saturated rings. The van der Waals surface area contributed by atoms with Gasteiger partial charge in [0, 0.05) is 0 Å². The molecule has 0 amide bonds. The maximum Gasteiger partial charge on any atom is 0.380 e. The summed E-state index contributed by atoms with van der Waals surface area (Å²) in [6.07, 6.45) is 9.66. The lowest BCUT2D eigenvalue weighted by Gasteiger charge is -2.16. The van der Waals surface area contributed by atoms with E-state index >= 15 is 0 Å². The van der Waals surface area contributed by atoms with Crippen LogP contribution in [0.4, 0.5) is 0 Å². The van der Waals surface area contributed by atoms with Crippen LogP contribution < -0.4 is 4.74 Å². The van der Waals surface area contributed by atoms with Crippen LogP contribution in [0.25, 0.3) is 6.08 Å². The summed E-state index contributed by atoms with van der Waals surface area (Å²) >= 11 is 0. The number of ether oxygens (including phenoxy) is 2. The molecule has 0 N–H and O–H groups in total. The first-order valence-corrected chi connectivity index (χ1v) is 12.3. The summed E-state index contributed by atoms with van der Waals surface area (Å²) in [6.45, 7) is 9.01. The first-order chi connectivity index (χ1) is 16.0. The van der Waals surface area contributed by atoms with Gasteiger partial charge in [-0.3, -0.25) is 4.89 Å². The molecule has 0 heterocycles. The number of hydrogen-bond donors (Lipinski definition) is 0. The summed E-state index contributed by atoms with van der Waals surface area (Å²) < 4.78 is 10.7. The molecule has 0 saturated heterocycles. The lowest BCUT2D eigenvalue weighted by Crippen LogP contribution is -2.22. The van der Waals surface area contributed by atoms with Crippen LogP contribution in [0.5, 0.6) is 5.75 Å². The Morgan fingerprint density at radius 3 is 2.12 bits per heavy atom. The summed E-state index contributed by atoms with van der Waals surface area (Å²) in [7, 11) is 1.56. The van der Waals surface area contributed by atoms with Crippen molar-refractivity contribution in [1.29, 1.82) is 0 Å². The summed E-state index contributed by atoms with van der Waals surface area (Å²) in [5, 5.41) is 0. The zero-order valence-corrected chi connectivity index (χ0v) is 21.1. The van der Waals surface area contributed by atoms with E-state index in [1.165, 1.54) is 6.08 Å². The second-order valence-electron chi connectivity index (χ2n) is 8.42. The first-order valence-electron chi connectivity index (χ1n) is 12.3. The Morgan fingerprint density at radius 2 is 1.55 bits per heavy atom. The average Bonchev–Trinajstić information content (AvgIpc) is 2.84. The van der Waals surface area contributed by atoms with Gasteiger partial charge in [0.1, 0.15) is 11.3 Å². The van der Waals surface area contributed by atoms with Gasteiger partial charge < -0.3 is 9.47 Å². The Labute approximate surface area is 199 Å². The molecule has 6 nitrogen and oxygen atoms in total. The van der Waals surface area contributed by atoms with Crippen molar-refractivity contribution < 1.29 is 28.8 Å². The van der Waals surface area contributed by atoms with E-state index in [2.05, 4.69) is 27.7 Å². The van der Waals surface area contributed by atoms with Crippen molar-refractivity contribution in [3.05, 3.63) is 35.4 Å². The Balaban J connectivity index is 2.91. The molecule has 6 heteroatoms. The molecule has 0 saturated carbocycles. The maximum atomic E-state index is 12.9. The fraction of sp³-hybridized carbons (Fsp3) is 0.630. The van der Waals surface area contributed by atoms with E-state index in [1.54, 1.807) is 31.4 Å². The van der Waals surface area contributed by atoms with Crippen LogP contribution in [0, 0.1) is 11.8 Å². The number of unbranched alkanes of at least 4 members (excludes halogenated alkanes) is 2. The number of benzene rings is 1. The van der Waals surface area contributed by atoms with Crippen molar-refractivity contribution in [2.24, 2.45) is 11.8 Å². The molecule has 1 rings (SSSR count). The minimum absolute atomic E-state index is 0.199. The van der Waals surface area contributed by atoms with Crippen LogP contribution in [-0.4, -0.2) is 32.3 Å². The van der Waals surface area contributed by atoms with E-state index in [9.17, 15) is 9.59 Å². The lowest BCUT2D eigenvalue weighted by atomic mass is 10.0. The molecular formula is C27H42O6. The predicted octanol–water partition coefficient (Wildman–Crippen LogP) is 6.53. The normalized spacial score (nSPS) is 13.3. The summed E-state index contributed by atoms with van der Waals surface area (Å²) in [5.74, 6) is -0.370. The Kier molecular flexibility index (Phi) is 14.9. The number of rotatable bonds is 17.